The fourth-order valence-corrected chi connectivity index (χ4v) is 1.82. The summed E-state index contributed by atoms with van der Waals surface area (Å²) in [5.41, 5.74) is 2.67. The number of hydrogen-bond donors (Lipinski definition) is 2. The summed E-state index contributed by atoms with van der Waals surface area (Å²) in [6, 6.07) is 8.83. The monoisotopic (exact) mass is 232 g/mol. The number of aryl methyl sites for hydroxylation is 1. The highest BCUT2D eigenvalue weighted by atomic mass is 16.2. The first-order valence-electron chi connectivity index (χ1n) is 6.30. The molecule has 0 atom stereocenters. The van der Waals surface area contributed by atoms with E-state index in [0.717, 1.165) is 25.8 Å². The molecule has 0 heterocycles. The van der Waals surface area contributed by atoms with Gasteiger partial charge in [-0.05, 0) is 43.9 Å². The van der Waals surface area contributed by atoms with E-state index < -0.39 is 0 Å². The first-order valence-corrected chi connectivity index (χ1v) is 6.30. The molecule has 0 unspecified atom stereocenters. The van der Waals surface area contributed by atoms with Crippen molar-refractivity contribution in [2.75, 3.05) is 13.1 Å². The third-order valence-corrected chi connectivity index (χ3v) is 3.06. The summed E-state index contributed by atoms with van der Waals surface area (Å²) in [5, 5.41) is 6.14. The van der Waals surface area contributed by atoms with E-state index in [9.17, 15) is 4.79 Å². The molecule has 1 aromatic rings. The van der Waals surface area contributed by atoms with E-state index in [-0.39, 0.29) is 5.91 Å². The smallest absolute Gasteiger partial charge is 0.234 e. The summed E-state index contributed by atoms with van der Waals surface area (Å²) >= 11 is 0. The lowest BCUT2D eigenvalue weighted by molar-refractivity contribution is -0.120. The minimum Gasteiger partial charge on any atom is -0.352 e. The predicted molar refractivity (Wildman–Crippen MR) is 68.9 cm³/mol. The minimum absolute atomic E-state index is 0.122. The summed E-state index contributed by atoms with van der Waals surface area (Å²) in [4.78, 5) is 11.4. The predicted octanol–water partition coefficient (Wildman–Crippen LogP) is 1.41. The Balaban J connectivity index is 1.62. The van der Waals surface area contributed by atoms with Crippen LogP contribution in [0.3, 0.4) is 0 Å². The molecule has 0 bridgehead atoms. The molecule has 17 heavy (non-hydrogen) atoms. The first kappa shape index (κ1) is 12.1. The second-order valence-corrected chi connectivity index (χ2v) is 4.70. The van der Waals surface area contributed by atoms with Crippen molar-refractivity contribution in [3.63, 3.8) is 0 Å². The van der Waals surface area contributed by atoms with Gasteiger partial charge in [-0.1, -0.05) is 24.3 Å². The maximum atomic E-state index is 11.4. The van der Waals surface area contributed by atoms with Gasteiger partial charge in [-0.25, -0.2) is 0 Å². The number of nitrogens with one attached hydrogen (secondary N) is 2. The molecule has 1 aromatic carbocycles. The molecule has 3 nitrogen and oxygen atoms in total. The van der Waals surface area contributed by atoms with Crippen molar-refractivity contribution in [1.29, 1.82) is 0 Å². The van der Waals surface area contributed by atoms with E-state index in [2.05, 4.69) is 41.8 Å². The third kappa shape index (κ3) is 4.19. The van der Waals surface area contributed by atoms with E-state index >= 15 is 0 Å². The van der Waals surface area contributed by atoms with Crippen LogP contribution in [0.4, 0.5) is 0 Å². The Morgan fingerprint density at radius 3 is 2.82 bits per heavy atom. The summed E-state index contributed by atoms with van der Waals surface area (Å²) in [6.45, 7) is 3.40. The number of amides is 1. The topological polar surface area (TPSA) is 41.1 Å². The van der Waals surface area contributed by atoms with Crippen LogP contribution in [-0.4, -0.2) is 25.0 Å². The molecule has 0 saturated heterocycles. The Bertz CT molecular complexity index is 386. The summed E-state index contributed by atoms with van der Waals surface area (Å²) in [5.74, 6) is 0.122. The maximum absolute atomic E-state index is 11.4. The van der Waals surface area contributed by atoms with Crippen LogP contribution in [0, 0.1) is 6.92 Å². The minimum atomic E-state index is 0.122. The van der Waals surface area contributed by atoms with E-state index in [1.54, 1.807) is 0 Å². The zero-order valence-electron chi connectivity index (χ0n) is 10.3. The van der Waals surface area contributed by atoms with Gasteiger partial charge < -0.3 is 10.6 Å². The summed E-state index contributed by atoms with van der Waals surface area (Å²) < 4.78 is 0. The van der Waals surface area contributed by atoms with Crippen LogP contribution >= 0.6 is 0 Å². The van der Waals surface area contributed by atoms with E-state index in [1.807, 2.05) is 0 Å². The Morgan fingerprint density at radius 1 is 1.35 bits per heavy atom. The summed E-state index contributed by atoms with van der Waals surface area (Å²) in [7, 11) is 0. The van der Waals surface area contributed by atoms with Crippen molar-refractivity contribution in [3.05, 3.63) is 35.4 Å². The largest absolute Gasteiger partial charge is 0.352 e. The molecule has 1 aliphatic carbocycles. The molecular formula is C14H20N2O. The van der Waals surface area contributed by atoms with E-state index in [0.29, 0.717) is 12.6 Å². The van der Waals surface area contributed by atoms with Gasteiger partial charge in [0.1, 0.15) is 0 Å². The van der Waals surface area contributed by atoms with Gasteiger partial charge >= 0.3 is 0 Å². The molecule has 1 saturated carbocycles. The first-order chi connectivity index (χ1) is 8.25. The van der Waals surface area contributed by atoms with Gasteiger partial charge in [-0.2, -0.15) is 0 Å². The van der Waals surface area contributed by atoms with Gasteiger partial charge in [0.05, 0.1) is 6.54 Å². The fraction of sp³-hybridized carbons (Fsp3) is 0.500. The standard InChI is InChI=1S/C14H20N2O/c1-11-4-2-3-5-12(11)8-9-15-10-14(17)16-13-6-7-13/h2-5,13,15H,6-10H2,1H3,(H,16,17). The van der Waals surface area contributed by atoms with Gasteiger partial charge in [0.15, 0.2) is 0 Å². The summed E-state index contributed by atoms with van der Waals surface area (Å²) in [6.07, 6.45) is 3.27. The van der Waals surface area contributed by atoms with E-state index in [4.69, 9.17) is 0 Å². The van der Waals surface area contributed by atoms with Gasteiger partial charge in [0, 0.05) is 6.04 Å². The van der Waals surface area contributed by atoms with Crippen molar-refractivity contribution in [3.8, 4) is 0 Å². The molecule has 2 N–H and O–H groups in total. The Labute approximate surface area is 103 Å². The third-order valence-electron chi connectivity index (χ3n) is 3.06. The van der Waals surface area contributed by atoms with Crippen molar-refractivity contribution in [1.82, 2.24) is 10.6 Å². The van der Waals surface area contributed by atoms with Crippen LogP contribution in [0.2, 0.25) is 0 Å². The molecular weight excluding hydrogens is 212 g/mol. The second-order valence-electron chi connectivity index (χ2n) is 4.70. The van der Waals surface area contributed by atoms with Crippen molar-refractivity contribution >= 4 is 5.91 Å². The quantitative estimate of drug-likeness (QED) is 0.728. The molecule has 0 aromatic heterocycles. The maximum Gasteiger partial charge on any atom is 0.234 e. The molecule has 0 spiro atoms. The van der Waals surface area contributed by atoms with Crippen LogP contribution in [0.1, 0.15) is 24.0 Å². The lowest BCUT2D eigenvalue weighted by Gasteiger charge is -2.07. The number of rotatable bonds is 6. The Hall–Kier alpha value is -1.35. The Morgan fingerprint density at radius 2 is 2.12 bits per heavy atom. The average Bonchev–Trinajstić information content (AvgIpc) is 3.10. The molecule has 0 radical (unpaired) electrons. The zero-order chi connectivity index (χ0) is 12.1. The molecule has 1 aliphatic rings. The highest BCUT2D eigenvalue weighted by Gasteiger charge is 2.22. The highest BCUT2D eigenvalue weighted by molar-refractivity contribution is 5.78. The zero-order valence-corrected chi connectivity index (χ0v) is 10.3. The van der Waals surface area contributed by atoms with Gasteiger partial charge in [-0.3, -0.25) is 4.79 Å². The SMILES string of the molecule is Cc1ccccc1CCNCC(=O)NC1CC1. The number of benzene rings is 1. The second kappa shape index (κ2) is 5.82. The fourth-order valence-electron chi connectivity index (χ4n) is 1.82. The van der Waals surface area contributed by atoms with Crippen LogP contribution in [0.5, 0.6) is 0 Å². The van der Waals surface area contributed by atoms with Crippen molar-refractivity contribution < 1.29 is 4.79 Å². The molecule has 3 heteroatoms. The van der Waals surface area contributed by atoms with Gasteiger partial charge in [0.2, 0.25) is 5.91 Å². The van der Waals surface area contributed by atoms with Gasteiger partial charge in [-0.15, -0.1) is 0 Å². The van der Waals surface area contributed by atoms with Crippen molar-refractivity contribution in [2.24, 2.45) is 0 Å². The molecule has 0 aliphatic heterocycles. The molecule has 1 fully saturated rings. The number of carbonyl (C=O) groups excluding carboxylic acids is 1. The van der Waals surface area contributed by atoms with Crippen LogP contribution in [-0.2, 0) is 11.2 Å². The lowest BCUT2D eigenvalue weighted by atomic mass is 10.1. The van der Waals surface area contributed by atoms with Crippen LogP contribution < -0.4 is 10.6 Å². The lowest BCUT2D eigenvalue weighted by Crippen LogP contribution is -2.35. The normalized spacial score (nSPS) is 14.6. The molecule has 92 valence electrons. The van der Waals surface area contributed by atoms with Crippen LogP contribution in [0.25, 0.3) is 0 Å². The van der Waals surface area contributed by atoms with E-state index in [1.165, 1.54) is 11.1 Å². The molecule has 1 amide bonds. The van der Waals surface area contributed by atoms with Crippen molar-refractivity contribution in [2.45, 2.75) is 32.2 Å². The highest BCUT2D eigenvalue weighted by Crippen LogP contribution is 2.18. The molecule has 2 rings (SSSR count). The average molecular weight is 232 g/mol. The Kier molecular flexibility index (Phi) is 4.15. The number of carbonyl (C=O) groups is 1. The van der Waals surface area contributed by atoms with Gasteiger partial charge in [0.25, 0.3) is 0 Å². The number of hydrogen-bond acceptors (Lipinski definition) is 2. The van der Waals surface area contributed by atoms with Crippen LogP contribution in [0.15, 0.2) is 24.3 Å².